The van der Waals surface area contributed by atoms with Crippen LogP contribution in [0.1, 0.15) is 6.92 Å². The summed E-state index contributed by atoms with van der Waals surface area (Å²) in [5.41, 5.74) is 0. The first-order valence-corrected chi connectivity index (χ1v) is 3.28. The molecule has 0 amide bonds. The Morgan fingerprint density at radius 1 is 1.33 bits per heavy atom. The fourth-order valence-corrected chi connectivity index (χ4v) is 1.08. The zero-order valence-electron chi connectivity index (χ0n) is 5.54. The van der Waals surface area contributed by atoms with Gasteiger partial charge in [-0.2, -0.15) is 0 Å². The Labute approximate surface area is 54.7 Å². The van der Waals surface area contributed by atoms with Gasteiger partial charge < -0.3 is 15.5 Å². The summed E-state index contributed by atoms with van der Waals surface area (Å²) in [7, 11) is 0. The van der Waals surface area contributed by atoms with Crippen LogP contribution in [0, 0.1) is 5.92 Å². The van der Waals surface area contributed by atoms with Gasteiger partial charge in [0.25, 0.3) is 0 Å². The van der Waals surface area contributed by atoms with E-state index in [1.54, 1.807) is 0 Å². The summed E-state index contributed by atoms with van der Waals surface area (Å²) in [6.45, 7) is 3.24. The Morgan fingerprint density at radius 2 is 2.00 bits per heavy atom. The molecular formula is C6H13NO2. The van der Waals surface area contributed by atoms with Crippen LogP contribution in [-0.2, 0) is 0 Å². The van der Waals surface area contributed by atoms with Crippen LogP contribution in [0.2, 0.25) is 0 Å². The molecule has 3 nitrogen and oxygen atoms in total. The van der Waals surface area contributed by atoms with E-state index < -0.39 is 12.2 Å². The van der Waals surface area contributed by atoms with Gasteiger partial charge in [-0.15, -0.1) is 0 Å². The first-order valence-electron chi connectivity index (χ1n) is 3.28. The number of aliphatic hydroxyl groups excluding tert-OH is 2. The molecule has 0 saturated carbocycles. The highest BCUT2D eigenvalue weighted by Gasteiger charge is 2.26. The first kappa shape index (κ1) is 6.99. The van der Waals surface area contributed by atoms with Gasteiger partial charge in [0, 0.05) is 13.1 Å². The minimum Gasteiger partial charge on any atom is -0.390 e. The molecule has 3 N–H and O–H groups in total. The quantitative estimate of drug-likeness (QED) is 0.393. The molecule has 1 saturated heterocycles. The molecule has 0 aromatic rings. The van der Waals surface area contributed by atoms with Crippen molar-refractivity contribution in [2.45, 2.75) is 19.1 Å². The molecule has 54 valence electrons. The van der Waals surface area contributed by atoms with Crippen molar-refractivity contribution in [3.63, 3.8) is 0 Å². The molecule has 1 fully saturated rings. The number of nitrogens with one attached hydrogen (secondary N) is 1. The lowest BCUT2D eigenvalue weighted by atomic mass is 9.96. The number of hydrogen-bond donors (Lipinski definition) is 3. The lowest BCUT2D eigenvalue weighted by Crippen LogP contribution is -2.49. The maximum atomic E-state index is 9.16. The van der Waals surface area contributed by atoms with Gasteiger partial charge in [0.1, 0.15) is 0 Å². The summed E-state index contributed by atoms with van der Waals surface area (Å²) in [5.74, 6) is 0.175. The molecule has 1 aliphatic heterocycles. The molecule has 0 aromatic heterocycles. The smallest absolute Gasteiger partial charge is 0.0926 e. The normalized spacial score (nSPS) is 45.0. The monoisotopic (exact) mass is 131 g/mol. The Kier molecular flexibility index (Phi) is 2.05. The van der Waals surface area contributed by atoms with Gasteiger partial charge in [-0.1, -0.05) is 6.92 Å². The highest BCUT2D eigenvalue weighted by Crippen LogP contribution is 2.09. The predicted octanol–water partition coefficient (Wildman–Crippen LogP) is -1.05. The van der Waals surface area contributed by atoms with E-state index in [0.717, 1.165) is 6.54 Å². The van der Waals surface area contributed by atoms with Crippen LogP contribution in [0.5, 0.6) is 0 Å². The van der Waals surface area contributed by atoms with Crippen molar-refractivity contribution in [3.8, 4) is 0 Å². The standard InChI is InChI=1S/C6H13NO2/c1-4-2-7-3-5(8)6(4)9/h4-9H,2-3H2,1H3/t4-,5-,6+/m1/s1. The van der Waals surface area contributed by atoms with Gasteiger partial charge in [-0.05, 0) is 5.92 Å². The van der Waals surface area contributed by atoms with E-state index in [1.807, 2.05) is 6.92 Å². The van der Waals surface area contributed by atoms with E-state index in [9.17, 15) is 0 Å². The van der Waals surface area contributed by atoms with Gasteiger partial charge in [-0.25, -0.2) is 0 Å². The number of piperidine rings is 1. The molecule has 0 radical (unpaired) electrons. The van der Waals surface area contributed by atoms with Gasteiger partial charge in [-0.3, -0.25) is 0 Å². The van der Waals surface area contributed by atoms with Crippen LogP contribution in [0.3, 0.4) is 0 Å². The fourth-order valence-electron chi connectivity index (χ4n) is 1.08. The molecule has 9 heavy (non-hydrogen) atoms. The minimum absolute atomic E-state index is 0.175. The van der Waals surface area contributed by atoms with Crippen LogP contribution in [0.4, 0.5) is 0 Å². The van der Waals surface area contributed by atoms with Crippen molar-refractivity contribution in [1.29, 1.82) is 0 Å². The maximum Gasteiger partial charge on any atom is 0.0926 e. The summed E-state index contributed by atoms with van der Waals surface area (Å²) in [6, 6.07) is 0. The van der Waals surface area contributed by atoms with E-state index in [1.165, 1.54) is 0 Å². The van der Waals surface area contributed by atoms with Gasteiger partial charge >= 0.3 is 0 Å². The number of β-amino-alcohol motifs (C(OH)–C–C–N with tert-alkyl or cyclic N) is 1. The van der Waals surface area contributed by atoms with Gasteiger partial charge in [0.05, 0.1) is 12.2 Å². The van der Waals surface area contributed by atoms with Crippen molar-refractivity contribution in [2.24, 2.45) is 5.92 Å². The van der Waals surface area contributed by atoms with Gasteiger partial charge in [0.15, 0.2) is 0 Å². The molecular weight excluding hydrogens is 118 g/mol. The lowest BCUT2D eigenvalue weighted by Gasteiger charge is -2.29. The molecule has 0 bridgehead atoms. The second kappa shape index (κ2) is 2.64. The lowest BCUT2D eigenvalue weighted by molar-refractivity contribution is -0.0295. The van der Waals surface area contributed by atoms with E-state index in [2.05, 4.69) is 5.32 Å². The Balaban J connectivity index is 2.41. The Bertz CT molecular complexity index is 87.1. The fraction of sp³-hybridized carbons (Fsp3) is 1.00. The SMILES string of the molecule is C[C@@H]1CNC[C@@H](O)[C@H]1O. The van der Waals surface area contributed by atoms with E-state index in [0.29, 0.717) is 6.54 Å². The third-order valence-corrected chi connectivity index (χ3v) is 1.80. The van der Waals surface area contributed by atoms with Crippen LogP contribution in [0.25, 0.3) is 0 Å². The van der Waals surface area contributed by atoms with Crippen molar-refractivity contribution < 1.29 is 10.2 Å². The average Bonchev–Trinajstić information content (AvgIpc) is 1.83. The summed E-state index contributed by atoms with van der Waals surface area (Å²) in [6.07, 6.45) is -1.11. The number of aliphatic hydroxyl groups is 2. The topological polar surface area (TPSA) is 52.5 Å². The van der Waals surface area contributed by atoms with Crippen molar-refractivity contribution in [1.82, 2.24) is 5.32 Å². The van der Waals surface area contributed by atoms with E-state index in [4.69, 9.17) is 10.2 Å². The third kappa shape index (κ3) is 1.41. The van der Waals surface area contributed by atoms with Crippen molar-refractivity contribution in [3.05, 3.63) is 0 Å². The molecule has 1 rings (SSSR count). The van der Waals surface area contributed by atoms with E-state index >= 15 is 0 Å². The van der Waals surface area contributed by atoms with Crippen LogP contribution in [-0.4, -0.2) is 35.5 Å². The Morgan fingerprint density at radius 3 is 2.44 bits per heavy atom. The Hall–Kier alpha value is -0.120. The average molecular weight is 131 g/mol. The number of rotatable bonds is 0. The summed E-state index contributed by atoms with van der Waals surface area (Å²) in [4.78, 5) is 0. The molecule has 1 heterocycles. The second-order valence-corrected chi connectivity index (χ2v) is 2.69. The molecule has 0 unspecified atom stereocenters. The maximum absolute atomic E-state index is 9.16. The molecule has 3 atom stereocenters. The largest absolute Gasteiger partial charge is 0.390 e. The predicted molar refractivity (Wildman–Crippen MR) is 34.0 cm³/mol. The molecule has 0 aliphatic carbocycles. The van der Waals surface area contributed by atoms with Crippen molar-refractivity contribution in [2.75, 3.05) is 13.1 Å². The molecule has 3 heteroatoms. The van der Waals surface area contributed by atoms with Crippen molar-refractivity contribution >= 4 is 0 Å². The molecule has 1 aliphatic rings. The van der Waals surface area contributed by atoms with E-state index in [-0.39, 0.29) is 5.92 Å². The highest BCUT2D eigenvalue weighted by molar-refractivity contribution is 4.81. The van der Waals surface area contributed by atoms with Crippen LogP contribution >= 0.6 is 0 Å². The van der Waals surface area contributed by atoms with Crippen LogP contribution in [0.15, 0.2) is 0 Å². The first-order chi connectivity index (χ1) is 4.22. The zero-order valence-corrected chi connectivity index (χ0v) is 5.54. The highest BCUT2D eigenvalue weighted by atomic mass is 16.3. The summed E-state index contributed by atoms with van der Waals surface area (Å²) < 4.78 is 0. The third-order valence-electron chi connectivity index (χ3n) is 1.80. The number of hydrogen-bond acceptors (Lipinski definition) is 3. The summed E-state index contributed by atoms with van der Waals surface area (Å²) >= 11 is 0. The summed E-state index contributed by atoms with van der Waals surface area (Å²) in [5, 5.41) is 21.2. The molecule has 0 aromatic carbocycles. The molecule has 0 spiro atoms. The minimum atomic E-state index is -0.575. The van der Waals surface area contributed by atoms with Gasteiger partial charge in [0.2, 0.25) is 0 Å². The van der Waals surface area contributed by atoms with Crippen LogP contribution < -0.4 is 5.32 Å². The zero-order chi connectivity index (χ0) is 6.85. The second-order valence-electron chi connectivity index (χ2n) is 2.69.